The SMILES string of the molecule is O=C(Nc1ccccc1O)c1ccn(-c2cccc(Br)c2)n1. The van der Waals surface area contributed by atoms with Crippen molar-refractivity contribution in [3.05, 3.63) is 71.0 Å². The van der Waals surface area contributed by atoms with Crippen molar-refractivity contribution >= 4 is 27.5 Å². The van der Waals surface area contributed by atoms with Crippen LogP contribution in [-0.2, 0) is 0 Å². The summed E-state index contributed by atoms with van der Waals surface area (Å²) in [6.45, 7) is 0. The van der Waals surface area contributed by atoms with Crippen molar-refractivity contribution in [3.63, 3.8) is 0 Å². The molecule has 0 spiro atoms. The zero-order chi connectivity index (χ0) is 15.5. The summed E-state index contributed by atoms with van der Waals surface area (Å²) in [6.07, 6.45) is 1.71. The Morgan fingerprint density at radius 2 is 1.95 bits per heavy atom. The lowest BCUT2D eigenvalue weighted by molar-refractivity contribution is 0.102. The highest BCUT2D eigenvalue weighted by Gasteiger charge is 2.12. The Balaban J connectivity index is 1.82. The lowest BCUT2D eigenvalue weighted by Gasteiger charge is -2.05. The van der Waals surface area contributed by atoms with E-state index in [0.717, 1.165) is 10.2 Å². The number of phenolic OH excluding ortho intramolecular Hbond substituents is 1. The second kappa shape index (κ2) is 6.03. The molecule has 0 atom stereocenters. The molecule has 110 valence electrons. The first-order valence-electron chi connectivity index (χ1n) is 6.54. The molecule has 0 radical (unpaired) electrons. The number of nitrogens with zero attached hydrogens (tertiary/aromatic N) is 2. The molecule has 5 nitrogen and oxygen atoms in total. The van der Waals surface area contributed by atoms with E-state index in [0.29, 0.717) is 5.69 Å². The summed E-state index contributed by atoms with van der Waals surface area (Å²) >= 11 is 3.40. The maximum Gasteiger partial charge on any atom is 0.276 e. The van der Waals surface area contributed by atoms with Crippen LogP contribution in [0.4, 0.5) is 5.69 Å². The summed E-state index contributed by atoms with van der Waals surface area (Å²) < 4.78 is 2.55. The number of halogens is 1. The van der Waals surface area contributed by atoms with Crippen LogP contribution in [-0.4, -0.2) is 20.8 Å². The lowest BCUT2D eigenvalue weighted by Crippen LogP contribution is -2.13. The van der Waals surface area contributed by atoms with Crippen LogP contribution in [0, 0.1) is 0 Å². The van der Waals surface area contributed by atoms with E-state index in [1.54, 1.807) is 35.1 Å². The number of benzene rings is 2. The van der Waals surface area contributed by atoms with Crippen LogP contribution in [0.5, 0.6) is 5.75 Å². The van der Waals surface area contributed by atoms with E-state index < -0.39 is 0 Å². The maximum absolute atomic E-state index is 12.2. The van der Waals surface area contributed by atoms with Crippen molar-refractivity contribution in [3.8, 4) is 11.4 Å². The van der Waals surface area contributed by atoms with Crippen molar-refractivity contribution in [1.29, 1.82) is 0 Å². The second-order valence-corrected chi connectivity index (χ2v) is 5.51. The predicted octanol–water partition coefficient (Wildman–Crippen LogP) is 3.59. The summed E-state index contributed by atoms with van der Waals surface area (Å²) in [5, 5.41) is 16.6. The van der Waals surface area contributed by atoms with Crippen LogP contribution in [0.15, 0.2) is 65.3 Å². The van der Waals surface area contributed by atoms with E-state index in [9.17, 15) is 9.90 Å². The average molecular weight is 358 g/mol. The Morgan fingerprint density at radius 3 is 2.73 bits per heavy atom. The Bertz CT molecular complexity index is 830. The number of carbonyl (C=O) groups is 1. The normalized spacial score (nSPS) is 10.4. The van der Waals surface area contributed by atoms with Gasteiger partial charge >= 0.3 is 0 Å². The third-order valence-electron chi connectivity index (χ3n) is 3.05. The molecule has 1 aromatic heterocycles. The lowest BCUT2D eigenvalue weighted by atomic mass is 10.3. The molecule has 3 aromatic rings. The molecular formula is C16H12BrN3O2. The topological polar surface area (TPSA) is 67.2 Å². The highest BCUT2D eigenvalue weighted by atomic mass is 79.9. The fraction of sp³-hybridized carbons (Fsp3) is 0. The summed E-state index contributed by atoms with van der Waals surface area (Å²) in [4.78, 5) is 12.2. The molecule has 1 amide bonds. The number of phenols is 1. The molecule has 0 bridgehead atoms. The predicted molar refractivity (Wildman–Crippen MR) is 87.3 cm³/mol. The molecule has 6 heteroatoms. The Morgan fingerprint density at radius 1 is 1.14 bits per heavy atom. The molecule has 0 saturated carbocycles. The van der Waals surface area contributed by atoms with Gasteiger partial charge in [0.1, 0.15) is 5.75 Å². The van der Waals surface area contributed by atoms with Crippen molar-refractivity contribution in [1.82, 2.24) is 9.78 Å². The van der Waals surface area contributed by atoms with Crippen LogP contribution in [0.2, 0.25) is 0 Å². The highest BCUT2D eigenvalue weighted by molar-refractivity contribution is 9.10. The number of anilines is 1. The van der Waals surface area contributed by atoms with Crippen molar-refractivity contribution in [2.45, 2.75) is 0 Å². The van der Waals surface area contributed by atoms with Crippen LogP contribution >= 0.6 is 15.9 Å². The molecule has 3 rings (SSSR count). The standard InChI is InChI=1S/C16H12BrN3O2/c17-11-4-3-5-12(10-11)20-9-8-14(19-20)16(22)18-13-6-1-2-7-15(13)21/h1-10,21H,(H,18,22). The molecule has 0 aliphatic heterocycles. The third-order valence-corrected chi connectivity index (χ3v) is 3.54. The van der Waals surface area contributed by atoms with Gasteiger partial charge in [0.2, 0.25) is 0 Å². The first-order chi connectivity index (χ1) is 10.6. The fourth-order valence-electron chi connectivity index (χ4n) is 1.97. The molecular weight excluding hydrogens is 346 g/mol. The largest absolute Gasteiger partial charge is 0.506 e. The smallest absolute Gasteiger partial charge is 0.276 e. The molecule has 2 aromatic carbocycles. The van der Waals surface area contributed by atoms with Crippen LogP contribution < -0.4 is 5.32 Å². The van der Waals surface area contributed by atoms with E-state index in [2.05, 4.69) is 26.3 Å². The third kappa shape index (κ3) is 3.01. The zero-order valence-electron chi connectivity index (χ0n) is 11.4. The molecule has 0 saturated heterocycles. The Labute approximate surface area is 135 Å². The van der Waals surface area contributed by atoms with Gasteiger partial charge in [-0.25, -0.2) is 4.68 Å². The number of hydrogen-bond donors (Lipinski definition) is 2. The van der Waals surface area contributed by atoms with Crippen molar-refractivity contribution < 1.29 is 9.90 Å². The molecule has 0 fully saturated rings. The van der Waals surface area contributed by atoms with Gasteiger partial charge in [-0.3, -0.25) is 4.79 Å². The molecule has 1 heterocycles. The average Bonchev–Trinajstić information content (AvgIpc) is 2.99. The van der Waals surface area contributed by atoms with Gasteiger partial charge in [0.15, 0.2) is 5.69 Å². The number of para-hydroxylation sites is 2. The van der Waals surface area contributed by atoms with Crippen molar-refractivity contribution in [2.24, 2.45) is 0 Å². The van der Waals surface area contributed by atoms with Gasteiger partial charge in [-0.2, -0.15) is 5.10 Å². The first-order valence-corrected chi connectivity index (χ1v) is 7.34. The van der Waals surface area contributed by atoms with Gasteiger partial charge in [-0.15, -0.1) is 0 Å². The second-order valence-electron chi connectivity index (χ2n) is 4.60. The first kappa shape index (κ1) is 14.3. The fourth-order valence-corrected chi connectivity index (χ4v) is 2.36. The van der Waals surface area contributed by atoms with Gasteiger partial charge in [0.25, 0.3) is 5.91 Å². The van der Waals surface area contributed by atoms with Crippen LogP contribution in [0.25, 0.3) is 5.69 Å². The Kier molecular flexibility index (Phi) is 3.93. The molecule has 22 heavy (non-hydrogen) atoms. The monoisotopic (exact) mass is 357 g/mol. The number of carbonyl (C=O) groups excluding carboxylic acids is 1. The summed E-state index contributed by atoms with van der Waals surface area (Å²) in [5.41, 5.74) is 1.46. The molecule has 2 N–H and O–H groups in total. The maximum atomic E-state index is 12.2. The van der Waals surface area contributed by atoms with Crippen molar-refractivity contribution in [2.75, 3.05) is 5.32 Å². The number of rotatable bonds is 3. The molecule has 0 aliphatic rings. The van der Waals surface area contributed by atoms with Gasteiger partial charge in [-0.1, -0.05) is 34.1 Å². The van der Waals surface area contributed by atoms with Crippen LogP contribution in [0.3, 0.4) is 0 Å². The van der Waals surface area contributed by atoms with Gasteiger partial charge < -0.3 is 10.4 Å². The number of nitrogens with one attached hydrogen (secondary N) is 1. The minimum atomic E-state index is -0.379. The number of aromatic hydroxyl groups is 1. The van der Waals surface area contributed by atoms with Gasteiger partial charge in [0.05, 0.1) is 11.4 Å². The summed E-state index contributed by atoms with van der Waals surface area (Å²) in [6, 6.07) is 15.8. The van der Waals surface area contributed by atoms with E-state index in [1.807, 2.05) is 24.3 Å². The van der Waals surface area contributed by atoms with E-state index in [4.69, 9.17) is 0 Å². The summed E-state index contributed by atoms with van der Waals surface area (Å²) in [5.74, 6) is -0.363. The van der Waals surface area contributed by atoms with E-state index >= 15 is 0 Å². The van der Waals surface area contributed by atoms with Crippen LogP contribution in [0.1, 0.15) is 10.5 Å². The van der Waals surface area contributed by atoms with E-state index in [1.165, 1.54) is 6.07 Å². The molecule has 0 unspecified atom stereocenters. The zero-order valence-corrected chi connectivity index (χ0v) is 13.0. The summed E-state index contributed by atoms with van der Waals surface area (Å²) in [7, 11) is 0. The highest BCUT2D eigenvalue weighted by Crippen LogP contribution is 2.22. The number of aromatic nitrogens is 2. The number of amides is 1. The van der Waals surface area contributed by atoms with Gasteiger partial charge in [-0.05, 0) is 36.4 Å². The minimum Gasteiger partial charge on any atom is -0.506 e. The van der Waals surface area contributed by atoms with Gasteiger partial charge in [0, 0.05) is 10.7 Å². The van der Waals surface area contributed by atoms with E-state index in [-0.39, 0.29) is 17.4 Å². The minimum absolute atomic E-state index is 0.0160. The quantitative estimate of drug-likeness (QED) is 0.703. The molecule has 0 aliphatic carbocycles. The Hall–Kier alpha value is -2.60. The number of hydrogen-bond acceptors (Lipinski definition) is 3.